The zero-order valence-electron chi connectivity index (χ0n) is 13.6. The summed E-state index contributed by atoms with van der Waals surface area (Å²) in [5.74, 6) is 3.09. The average molecular weight is 312 g/mol. The van der Waals surface area contributed by atoms with Gasteiger partial charge in [-0.2, -0.15) is 0 Å². The third kappa shape index (κ3) is 5.67. The third-order valence-electron chi connectivity index (χ3n) is 3.90. The van der Waals surface area contributed by atoms with E-state index < -0.39 is 0 Å². The third-order valence-corrected chi connectivity index (χ3v) is 3.90. The van der Waals surface area contributed by atoms with E-state index in [0.29, 0.717) is 17.7 Å². The van der Waals surface area contributed by atoms with Crippen molar-refractivity contribution in [1.82, 2.24) is 10.6 Å². The van der Waals surface area contributed by atoms with Crippen LogP contribution < -0.4 is 16.0 Å². The van der Waals surface area contributed by atoms with Gasteiger partial charge in [0, 0.05) is 24.3 Å². The van der Waals surface area contributed by atoms with Gasteiger partial charge in [-0.25, -0.2) is 0 Å². The second-order valence-corrected chi connectivity index (χ2v) is 5.68. The predicted molar refractivity (Wildman–Crippen MR) is 94.4 cm³/mol. The van der Waals surface area contributed by atoms with Crippen LogP contribution in [0, 0.1) is 12.3 Å². The maximum absolute atomic E-state index is 12.0. The Morgan fingerprint density at radius 2 is 2.13 bits per heavy atom. The smallest absolute Gasteiger partial charge is 0.243 e. The molecule has 0 aliphatic heterocycles. The molecule has 1 amide bonds. The minimum Gasteiger partial charge on any atom is -0.354 e. The summed E-state index contributed by atoms with van der Waals surface area (Å²) in [5.41, 5.74) is 1.44. The first-order valence-corrected chi connectivity index (χ1v) is 8.05. The largest absolute Gasteiger partial charge is 0.354 e. The summed E-state index contributed by atoms with van der Waals surface area (Å²) in [7, 11) is 1.71. The molecule has 5 heteroatoms. The average Bonchev–Trinajstić information content (AvgIpc) is 2.59. The van der Waals surface area contributed by atoms with Gasteiger partial charge in [0.2, 0.25) is 5.91 Å². The molecule has 1 aromatic rings. The number of terminal acetylenes is 1. The summed E-state index contributed by atoms with van der Waals surface area (Å²) in [6.07, 6.45) is 11.5. The molecule has 1 saturated carbocycles. The quantitative estimate of drug-likeness (QED) is 0.453. The van der Waals surface area contributed by atoms with Crippen LogP contribution >= 0.6 is 0 Å². The number of nitrogens with zero attached hydrogens (tertiary/aromatic N) is 1. The maximum atomic E-state index is 12.0. The molecule has 1 aromatic carbocycles. The van der Waals surface area contributed by atoms with Crippen LogP contribution in [0.2, 0.25) is 0 Å². The fourth-order valence-electron chi connectivity index (χ4n) is 2.69. The van der Waals surface area contributed by atoms with Crippen molar-refractivity contribution in [1.29, 1.82) is 0 Å². The van der Waals surface area contributed by atoms with E-state index >= 15 is 0 Å². The highest BCUT2D eigenvalue weighted by atomic mass is 16.1. The molecule has 0 atom stereocenters. The lowest BCUT2D eigenvalue weighted by atomic mass is 9.96. The number of amides is 1. The molecule has 1 fully saturated rings. The van der Waals surface area contributed by atoms with E-state index in [1.54, 1.807) is 13.1 Å². The van der Waals surface area contributed by atoms with Gasteiger partial charge in [-0.05, 0) is 31.0 Å². The lowest BCUT2D eigenvalue weighted by Crippen LogP contribution is -2.46. The Labute approximate surface area is 138 Å². The van der Waals surface area contributed by atoms with Crippen LogP contribution in [0.1, 0.15) is 37.7 Å². The Kier molecular flexibility index (Phi) is 6.49. The number of benzene rings is 1. The summed E-state index contributed by atoms with van der Waals surface area (Å²) in [4.78, 5) is 16.2. The van der Waals surface area contributed by atoms with Crippen LogP contribution in [0.4, 0.5) is 5.69 Å². The number of guanidine groups is 1. The molecule has 5 nitrogen and oxygen atoms in total. The molecule has 0 bridgehead atoms. The van der Waals surface area contributed by atoms with E-state index in [1.165, 1.54) is 19.3 Å². The number of aliphatic imine (C=N–C) groups is 1. The van der Waals surface area contributed by atoms with E-state index in [4.69, 9.17) is 6.42 Å². The summed E-state index contributed by atoms with van der Waals surface area (Å²) in [5, 5.41) is 9.25. The summed E-state index contributed by atoms with van der Waals surface area (Å²) >= 11 is 0. The highest BCUT2D eigenvalue weighted by molar-refractivity contribution is 5.95. The molecular formula is C18H24N4O. The molecule has 0 spiro atoms. The fraction of sp³-hybridized carbons (Fsp3) is 0.444. The van der Waals surface area contributed by atoms with Crippen LogP contribution in [-0.4, -0.2) is 31.5 Å². The van der Waals surface area contributed by atoms with Gasteiger partial charge in [-0.15, -0.1) is 6.42 Å². The van der Waals surface area contributed by atoms with Crippen molar-refractivity contribution in [3.8, 4) is 12.3 Å². The van der Waals surface area contributed by atoms with Crippen molar-refractivity contribution < 1.29 is 4.79 Å². The normalized spacial score (nSPS) is 15.6. The minimum atomic E-state index is -0.134. The van der Waals surface area contributed by atoms with E-state index in [-0.39, 0.29) is 12.5 Å². The van der Waals surface area contributed by atoms with Crippen molar-refractivity contribution in [2.75, 3.05) is 18.9 Å². The number of rotatable bonds is 4. The monoisotopic (exact) mass is 312 g/mol. The maximum Gasteiger partial charge on any atom is 0.243 e. The predicted octanol–water partition coefficient (Wildman–Crippen LogP) is 2.10. The van der Waals surface area contributed by atoms with Crippen molar-refractivity contribution in [3.05, 3.63) is 29.8 Å². The molecule has 0 saturated heterocycles. The molecule has 0 unspecified atom stereocenters. The molecule has 1 aliphatic rings. The van der Waals surface area contributed by atoms with Crippen LogP contribution in [0.25, 0.3) is 0 Å². The molecule has 0 radical (unpaired) electrons. The highest BCUT2D eigenvalue weighted by Gasteiger charge is 2.14. The van der Waals surface area contributed by atoms with Crippen molar-refractivity contribution in [2.45, 2.75) is 38.1 Å². The van der Waals surface area contributed by atoms with Crippen molar-refractivity contribution in [3.63, 3.8) is 0 Å². The van der Waals surface area contributed by atoms with E-state index in [0.717, 1.165) is 18.4 Å². The van der Waals surface area contributed by atoms with Crippen molar-refractivity contribution >= 4 is 17.6 Å². The first-order chi connectivity index (χ1) is 11.2. The van der Waals surface area contributed by atoms with E-state index in [9.17, 15) is 4.79 Å². The van der Waals surface area contributed by atoms with Crippen molar-refractivity contribution in [2.24, 2.45) is 4.99 Å². The van der Waals surface area contributed by atoms with Gasteiger partial charge in [0.05, 0.1) is 6.54 Å². The van der Waals surface area contributed by atoms with Gasteiger partial charge in [0.1, 0.15) is 0 Å². The molecule has 0 aromatic heterocycles. The molecule has 122 valence electrons. The molecular weight excluding hydrogens is 288 g/mol. The molecule has 1 aliphatic carbocycles. The Morgan fingerprint density at radius 1 is 1.35 bits per heavy atom. The van der Waals surface area contributed by atoms with Gasteiger partial charge < -0.3 is 16.0 Å². The summed E-state index contributed by atoms with van der Waals surface area (Å²) < 4.78 is 0. The van der Waals surface area contributed by atoms with Crippen LogP contribution in [0.15, 0.2) is 29.3 Å². The number of anilines is 1. The van der Waals surface area contributed by atoms with E-state index in [1.807, 2.05) is 18.2 Å². The Hall–Kier alpha value is -2.48. The SMILES string of the molecule is C#Cc1cccc(NC(=O)CNC(=NC)NC2CCCCC2)c1. The van der Waals surface area contributed by atoms with Gasteiger partial charge in [0.25, 0.3) is 0 Å². The lowest BCUT2D eigenvalue weighted by molar-refractivity contribution is -0.115. The summed E-state index contributed by atoms with van der Waals surface area (Å²) in [6, 6.07) is 7.68. The zero-order chi connectivity index (χ0) is 16.5. The van der Waals surface area contributed by atoms with Gasteiger partial charge in [0.15, 0.2) is 5.96 Å². The Bertz CT molecular complexity index is 597. The Balaban J connectivity index is 1.79. The standard InChI is InChI=1S/C18H24N4O/c1-3-14-8-7-11-16(12-14)21-17(23)13-20-18(19-2)22-15-9-5-4-6-10-15/h1,7-8,11-12,15H,4-6,9-10,13H2,2H3,(H,21,23)(H2,19,20,22). The highest BCUT2D eigenvalue weighted by Crippen LogP contribution is 2.17. The van der Waals surface area contributed by atoms with Crippen LogP contribution in [-0.2, 0) is 4.79 Å². The lowest BCUT2D eigenvalue weighted by Gasteiger charge is -2.24. The Morgan fingerprint density at radius 3 is 2.83 bits per heavy atom. The fourth-order valence-corrected chi connectivity index (χ4v) is 2.69. The zero-order valence-corrected chi connectivity index (χ0v) is 13.6. The van der Waals surface area contributed by atoms with Gasteiger partial charge in [-0.1, -0.05) is 31.2 Å². The number of nitrogens with one attached hydrogen (secondary N) is 3. The summed E-state index contributed by atoms with van der Waals surface area (Å²) in [6.45, 7) is 0.159. The van der Waals surface area contributed by atoms with Gasteiger partial charge in [-0.3, -0.25) is 9.79 Å². The minimum absolute atomic E-state index is 0.134. The number of hydrogen-bond donors (Lipinski definition) is 3. The molecule has 23 heavy (non-hydrogen) atoms. The van der Waals surface area contributed by atoms with Crippen LogP contribution in [0.3, 0.4) is 0 Å². The molecule has 0 heterocycles. The van der Waals surface area contributed by atoms with Crippen LogP contribution in [0.5, 0.6) is 0 Å². The number of carbonyl (C=O) groups is 1. The second-order valence-electron chi connectivity index (χ2n) is 5.68. The van der Waals surface area contributed by atoms with Gasteiger partial charge >= 0.3 is 0 Å². The first-order valence-electron chi connectivity index (χ1n) is 8.05. The van der Waals surface area contributed by atoms with E-state index in [2.05, 4.69) is 26.9 Å². The second kappa shape index (κ2) is 8.84. The molecule has 2 rings (SSSR count). The number of carbonyl (C=O) groups excluding carboxylic acids is 1. The topological polar surface area (TPSA) is 65.5 Å². The molecule has 3 N–H and O–H groups in total. The number of hydrogen-bond acceptors (Lipinski definition) is 2. The first kappa shape index (κ1) is 16.9.